The molecule has 0 atom stereocenters. The number of allylic oxidation sites excluding steroid dienone is 5. The maximum Gasteiger partial charge on any atom is 0.335 e. The summed E-state index contributed by atoms with van der Waals surface area (Å²) in [5, 5.41) is 31.4. The highest BCUT2D eigenvalue weighted by Gasteiger charge is 2.47. The molecule has 0 aromatic heterocycles. The Labute approximate surface area is 360 Å². The zero-order chi connectivity index (χ0) is 43.5. The molecule has 2 heterocycles. The number of aliphatic hydroxyl groups excluding tert-OH is 1. The van der Waals surface area contributed by atoms with E-state index < -0.39 is 22.8 Å². The third-order valence-corrected chi connectivity index (χ3v) is 13.3. The average molecular weight is 822 g/mol. The van der Waals surface area contributed by atoms with E-state index in [4.69, 9.17) is 0 Å². The molecular formula is C52H73N2O6+. The second kappa shape index (κ2) is 21.4. The molecule has 5 rings (SSSR count). The predicted molar refractivity (Wildman–Crippen MR) is 245 cm³/mol. The zero-order valence-electron chi connectivity index (χ0n) is 37.6. The fourth-order valence-electron chi connectivity index (χ4n) is 9.52. The molecule has 0 fully saturated rings. The van der Waals surface area contributed by atoms with Crippen LogP contribution in [-0.2, 0) is 15.6 Å². The first-order valence-corrected chi connectivity index (χ1v) is 23.4. The molecule has 0 amide bonds. The van der Waals surface area contributed by atoms with Crippen LogP contribution in [0.4, 0.5) is 11.4 Å². The van der Waals surface area contributed by atoms with Crippen molar-refractivity contribution in [1.29, 1.82) is 0 Å². The number of benzene rings is 2. The highest BCUT2D eigenvalue weighted by Crippen LogP contribution is 2.50. The topological polar surface area (TPSA) is 118 Å². The normalized spacial score (nSPS) is 17.8. The number of aliphatic hydroxyl groups is 1. The van der Waals surface area contributed by atoms with Crippen molar-refractivity contribution in [3.8, 4) is 0 Å². The van der Waals surface area contributed by atoms with Gasteiger partial charge in [-0.3, -0.25) is 4.79 Å². The van der Waals surface area contributed by atoms with E-state index in [0.717, 1.165) is 72.7 Å². The molecule has 1 aliphatic carbocycles. The number of carboxylic acid groups (broad SMARTS) is 2. The van der Waals surface area contributed by atoms with Crippen LogP contribution in [-0.4, -0.2) is 56.4 Å². The highest BCUT2D eigenvalue weighted by atomic mass is 16.4. The van der Waals surface area contributed by atoms with Crippen molar-refractivity contribution in [1.82, 2.24) is 0 Å². The molecule has 0 radical (unpaired) electrons. The summed E-state index contributed by atoms with van der Waals surface area (Å²) in [5.41, 5.74) is 5.17. The minimum Gasteiger partial charge on any atom is -0.506 e. The molecule has 8 nitrogen and oxygen atoms in total. The number of Topliss-reactive ketones (excluding diaryl/α,β-unsaturated/α-hetero) is 1. The van der Waals surface area contributed by atoms with Crippen LogP contribution < -0.4 is 4.90 Å². The summed E-state index contributed by atoms with van der Waals surface area (Å²) in [6.07, 6.45) is 28.1. The largest absolute Gasteiger partial charge is 0.506 e. The summed E-state index contributed by atoms with van der Waals surface area (Å²) < 4.78 is 2.22. The van der Waals surface area contributed by atoms with Gasteiger partial charge in [-0.15, -0.1) is 0 Å². The minimum absolute atomic E-state index is 0.0475. The summed E-state index contributed by atoms with van der Waals surface area (Å²) >= 11 is 0. The minimum atomic E-state index is -0.979. The molecule has 0 saturated heterocycles. The molecule has 2 aromatic rings. The van der Waals surface area contributed by atoms with Crippen LogP contribution in [0.3, 0.4) is 0 Å². The van der Waals surface area contributed by atoms with Crippen LogP contribution >= 0.6 is 0 Å². The summed E-state index contributed by atoms with van der Waals surface area (Å²) in [7, 11) is 0. The zero-order valence-corrected chi connectivity index (χ0v) is 37.6. The monoisotopic (exact) mass is 822 g/mol. The first kappa shape index (κ1) is 46.6. The molecule has 3 aliphatic rings. The van der Waals surface area contributed by atoms with Crippen LogP contribution in [0.1, 0.15) is 202 Å². The lowest BCUT2D eigenvalue weighted by molar-refractivity contribution is -0.438. The van der Waals surface area contributed by atoms with Gasteiger partial charge in [0.25, 0.3) is 0 Å². The van der Waals surface area contributed by atoms with E-state index in [-0.39, 0.29) is 33.8 Å². The summed E-state index contributed by atoms with van der Waals surface area (Å²) in [6, 6.07) is 10.6. The van der Waals surface area contributed by atoms with Crippen molar-refractivity contribution >= 4 is 34.8 Å². The fourth-order valence-corrected chi connectivity index (χ4v) is 9.52. The standard InChI is InChI=1S/C52H72N2O6/c1-7-9-11-13-15-17-19-21-23-25-31-53-43-29-27-37(49(57)58)33-41(43)51(3,4)45(53)35-39-47(55)40(48(39)56)36-46-52(5,6)42-34-38(50(59)60)28-30-44(42)54(46)32-26-24-22-20-18-16-14-12-10-8-2/h27-30,33-36H,7-26,31-32H2,1-6H3,(H2-,55,56,57,58,59,60)/p+1. The summed E-state index contributed by atoms with van der Waals surface area (Å²) in [5.74, 6) is -2.24. The van der Waals surface area contributed by atoms with Crippen molar-refractivity contribution in [3.05, 3.63) is 93.4 Å². The lowest BCUT2D eigenvalue weighted by Gasteiger charge is -2.29. The Morgan fingerprint density at radius 3 is 1.63 bits per heavy atom. The second-order valence-electron chi connectivity index (χ2n) is 18.6. The number of carbonyl (C=O) groups is 3. The maximum absolute atomic E-state index is 14.2. The third-order valence-electron chi connectivity index (χ3n) is 13.3. The van der Waals surface area contributed by atoms with Crippen molar-refractivity contribution in [2.45, 2.75) is 181 Å². The fraction of sp³-hybridized carbons (Fsp3) is 0.577. The molecular weight excluding hydrogens is 749 g/mol. The lowest BCUT2D eigenvalue weighted by Crippen LogP contribution is -2.32. The van der Waals surface area contributed by atoms with Gasteiger partial charge in [0.15, 0.2) is 5.71 Å². The van der Waals surface area contributed by atoms with Gasteiger partial charge in [0.2, 0.25) is 11.5 Å². The van der Waals surface area contributed by atoms with Crippen LogP contribution in [0.25, 0.3) is 0 Å². The maximum atomic E-state index is 14.2. The van der Waals surface area contributed by atoms with E-state index in [9.17, 15) is 29.7 Å². The first-order valence-electron chi connectivity index (χ1n) is 23.4. The molecule has 0 unspecified atom stereocenters. The van der Waals surface area contributed by atoms with Crippen molar-refractivity contribution < 1.29 is 34.3 Å². The summed E-state index contributed by atoms with van der Waals surface area (Å²) in [4.78, 5) is 40.4. The van der Waals surface area contributed by atoms with E-state index >= 15 is 0 Å². The lowest BCUT2D eigenvalue weighted by atomic mass is 9.77. The van der Waals surface area contributed by atoms with Gasteiger partial charge >= 0.3 is 11.9 Å². The third kappa shape index (κ3) is 10.7. The van der Waals surface area contributed by atoms with Crippen LogP contribution in [0.2, 0.25) is 0 Å². The predicted octanol–water partition coefficient (Wildman–Crippen LogP) is 13.3. The Morgan fingerprint density at radius 1 is 0.633 bits per heavy atom. The number of hydrogen-bond acceptors (Lipinski definition) is 5. The number of aromatic carboxylic acids is 2. The molecule has 60 heavy (non-hydrogen) atoms. The van der Waals surface area contributed by atoms with Gasteiger partial charge in [-0.05, 0) is 68.7 Å². The quantitative estimate of drug-likeness (QED) is 0.0491. The Balaban J connectivity index is 1.38. The van der Waals surface area contributed by atoms with E-state index in [2.05, 4.69) is 51.0 Å². The molecule has 0 bridgehead atoms. The van der Waals surface area contributed by atoms with Gasteiger partial charge in [-0.1, -0.05) is 137 Å². The SMILES string of the molecule is CCCCCCCCCCCCN1/C(=C\C2=C(O)C(=C\C3=[N+](CCCCCCCCCCCC)c4ccc(C(=O)O)cc4C3(C)C)/C2=O)C(C)(C)c2cc(C(=O)O)ccc21. The Kier molecular flexibility index (Phi) is 16.6. The number of fused-ring (bicyclic) bond motifs is 2. The van der Waals surface area contributed by atoms with Gasteiger partial charge in [0.05, 0.1) is 27.7 Å². The van der Waals surface area contributed by atoms with Gasteiger partial charge < -0.3 is 20.2 Å². The molecule has 8 heteroatoms. The van der Waals surface area contributed by atoms with E-state index in [1.807, 2.05) is 24.3 Å². The number of anilines is 1. The van der Waals surface area contributed by atoms with Crippen LogP contribution in [0.5, 0.6) is 0 Å². The number of rotatable bonds is 26. The molecule has 2 aromatic carbocycles. The number of carbonyl (C=O) groups excluding carboxylic acids is 1. The molecule has 3 N–H and O–H groups in total. The Hall–Kier alpha value is -4.46. The van der Waals surface area contributed by atoms with E-state index in [0.29, 0.717) is 0 Å². The molecule has 326 valence electrons. The number of unbranched alkanes of at least 4 members (excludes halogenated alkanes) is 18. The van der Waals surface area contributed by atoms with Crippen molar-refractivity contribution in [3.63, 3.8) is 0 Å². The van der Waals surface area contributed by atoms with Gasteiger partial charge in [0, 0.05) is 47.5 Å². The number of nitrogens with zero attached hydrogens (tertiary/aromatic N) is 2. The molecule has 0 spiro atoms. The smallest absolute Gasteiger partial charge is 0.335 e. The van der Waals surface area contributed by atoms with E-state index in [1.54, 1.807) is 24.3 Å². The average Bonchev–Trinajstić information content (AvgIpc) is 3.56. The van der Waals surface area contributed by atoms with Crippen LogP contribution in [0.15, 0.2) is 71.2 Å². The Morgan fingerprint density at radius 2 is 1.12 bits per heavy atom. The summed E-state index contributed by atoms with van der Waals surface area (Å²) in [6.45, 7) is 14.2. The molecule has 2 aliphatic heterocycles. The van der Waals surface area contributed by atoms with Crippen molar-refractivity contribution in [2.24, 2.45) is 0 Å². The van der Waals surface area contributed by atoms with Crippen LogP contribution in [0, 0.1) is 0 Å². The molecule has 0 saturated carbocycles. The highest BCUT2D eigenvalue weighted by molar-refractivity contribution is 6.24. The first-order chi connectivity index (χ1) is 28.7. The van der Waals surface area contributed by atoms with Gasteiger partial charge in [-0.25, -0.2) is 9.59 Å². The van der Waals surface area contributed by atoms with Crippen molar-refractivity contribution in [2.75, 3.05) is 18.0 Å². The number of hydrogen-bond donors (Lipinski definition) is 3. The number of ketones is 1. The van der Waals surface area contributed by atoms with Gasteiger partial charge in [-0.2, -0.15) is 4.58 Å². The van der Waals surface area contributed by atoms with E-state index in [1.165, 1.54) is 103 Å². The number of carboxylic acids is 2. The van der Waals surface area contributed by atoms with Gasteiger partial charge in [0.1, 0.15) is 12.3 Å². The second-order valence-corrected chi connectivity index (χ2v) is 18.6. The Bertz CT molecular complexity index is 2000.